The number of aryl methyl sites for hydroxylation is 1. The van der Waals surface area contributed by atoms with Crippen LogP contribution in [0.4, 0.5) is 5.00 Å². The summed E-state index contributed by atoms with van der Waals surface area (Å²) >= 11 is 6.71. The number of furan rings is 1. The summed E-state index contributed by atoms with van der Waals surface area (Å²) in [6, 6.07) is 3.58. The Morgan fingerprint density at radius 3 is 2.76 bits per heavy atom. The van der Waals surface area contributed by atoms with E-state index in [0.717, 1.165) is 5.76 Å². The molecule has 1 amide bonds. The average molecular weight is 328 g/mol. The number of hydrogen-bond donors (Lipinski definition) is 1. The van der Waals surface area contributed by atoms with E-state index < -0.39 is 5.97 Å². The van der Waals surface area contributed by atoms with Gasteiger partial charge in [-0.1, -0.05) is 0 Å². The molecule has 21 heavy (non-hydrogen) atoms. The lowest BCUT2D eigenvalue weighted by molar-refractivity contribution is -0.113. The van der Waals surface area contributed by atoms with Crippen molar-refractivity contribution in [3.63, 3.8) is 0 Å². The largest absolute Gasteiger partial charge is 0.462 e. The number of thiophene rings is 1. The van der Waals surface area contributed by atoms with E-state index in [1.807, 2.05) is 6.92 Å². The highest BCUT2D eigenvalue weighted by molar-refractivity contribution is 7.15. The molecule has 2 heterocycles. The fourth-order valence-corrected chi connectivity index (χ4v) is 2.80. The number of esters is 1. The highest BCUT2D eigenvalue weighted by Gasteiger charge is 2.24. The SMILES string of the molecule is CCOC(=O)c1c(-c2ccc(C)o2)csc1NC(=O)CCl. The van der Waals surface area contributed by atoms with E-state index in [-0.39, 0.29) is 24.0 Å². The molecule has 0 aliphatic rings. The van der Waals surface area contributed by atoms with Crippen LogP contribution in [0.1, 0.15) is 23.0 Å². The molecule has 5 nitrogen and oxygen atoms in total. The number of alkyl halides is 1. The van der Waals surface area contributed by atoms with E-state index >= 15 is 0 Å². The minimum atomic E-state index is -0.507. The van der Waals surface area contributed by atoms with Gasteiger partial charge in [-0.05, 0) is 26.0 Å². The van der Waals surface area contributed by atoms with Gasteiger partial charge in [-0.25, -0.2) is 4.79 Å². The third-order valence-electron chi connectivity index (χ3n) is 2.65. The van der Waals surface area contributed by atoms with Gasteiger partial charge in [-0.3, -0.25) is 4.79 Å². The number of amides is 1. The molecule has 2 aromatic heterocycles. The fourth-order valence-electron chi connectivity index (χ4n) is 1.78. The summed E-state index contributed by atoms with van der Waals surface area (Å²) in [5.74, 6) is 0.212. The third-order valence-corrected chi connectivity index (χ3v) is 3.79. The minimum Gasteiger partial charge on any atom is -0.462 e. The topological polar surface area (TPSA) is 68.5 Å². The summed E-state index contributed by atoms with van der Waals surface area (Å²) in [7, 11) is 0. The highest BCUT2D eigenvalue weighted by atomic mass is 35.5. The Morgan fingerprint density at radius 1 is 1.43 bits per heavy atom. The Labute approximate surface area is 130 Å². The van der Waals surface area contributed by atoms with Crippen molar-refractivity contribution in [3.8, 4) is 11.3 Å². The molecule has 2 aromatic rings. The Hall–Kier alpha value is -1.79. The monoisotopic (exact) mass is 327 g/mol. The molecule has 0 aliphatic heterocycles. The van der Waals surface area contributed by atoms with Crippen molar-refractivity contribution in [2.45, 2.75) is 13.8 Å². The number of anilines is 1. The smallest absolute Gasteiger partial charge is 0.341 e. The van der Waals surface area contributed by atoms with Crippen LogP contribution in [0.5, 0.6) is 0 Å². The first kappa shape index (κ1) is 15.6. The van der Waals surface area contributed by atoms with Gasteiger partial charge in [-0.2, -0.15) is 0 Å². The fraction of sp³-hybridized carbons (Fsp3) is 0.286. The summed E-state index contributed by atoms with van der Waals surface area (Å²) in [5.41, 5.74) is 0.881. The molecule has 0 bridgehead atoms. The maximum atomic E-state index is 12.2. The van der Waals surface area contributed by atoms with Crippen molar-refractivity contribution < 1.29 is 18.7 Å². The van der Waals surface area contributed by atoms with Gasteiger partial charge in [0, 0.05) is 10.9 Å². The average Bonchev–Trinajstić information content (AvgIpc) is 3.05. The number of ether oxygens (including phenoxy) is 1. The van der Waals surface area contributed by atoms with Gasteiger partial charge in [0.15, 0.2) is 0 Å². The molecule has 2 rings (SSSR count). The lowest BCUT2D eigenvalue weighted by Gasteiger charge is -2.06. The van der Waals surface area contributed by atoms with E-state index in [0.29, 0.717) is 16.3 Å². The zero-order chi connectivity index (χ0) is 15.4. The van der Waals surface area contributed by atoms with E-state index in [1.165, 1.54) is 11.3 Å². The normalized spacial score (nSPS) is 10.4. The van der Waals surface area contributed by atoms with Gasteiger partial charge in [0.05, 0.1) is 6.61 Å². The second kappa shape index (κ2) is 6.78. The van der Waals surface area contributed by atoms with Gasteiger partial charge in [0.1, 0.15) is 28.0 Å². The van der Waals surface area contributed by atoms with E-state index in [9.17, 15) is 9.59 Å². The van der Waals surface area contributed by atoms with Crippen molar-refractivity contribution in [3.05, 3.63) is 28.8 Å². The predicted molar refractivity (Wildman–Crippen MR) is 82.1 cm³/mol. The van der Waals surface area contributed by atoms with Gasteiger partial charge < -0.3 is 14.5 Å². The number of nitrogens with one attached hydrogen (secondary N) is 1. The second-order valence-electron chi connectivity index (χ2n) is 4.17. The minimum absolute atomic E-state index is 0.185. The van der Waals surface area contributed by atoms with Crippen LogP contribution in [0, 0.1) is 6.92 Å². The molecule has 0 fully saturated rings. The second-order valence-corrected chi connectivity index (χ2v) is 5.31. The standard InChI is InChI=1S/C14H14ClNO4S/c1-3-19-14(18)12-9(10-5-4-8(2)20-10)7-21-13(12)16-11(17)6-15/h4-5,7H,3,6H2,1-2H3,(H,16,17). The molecule has 0 atom stereocenters. The first-order valence-electron chi connectivity index (χ1n) is 6.28. The van der Waals surface area contributed by atoms with Crippen LogP contribution in [0.25, 0.3) is 11.3 Å². The maximum Gasteiger partial charge on any atom is 0.341 e. The Bertz CT molecular complexity index is 662. The molecule has 0 saturated heterocycles. The van der Waals surface area contributed by atoms with Gasteiger partial charge in [0.25, 0.3) is 0 Å². The maximum absolute atomic E-state index is 12.2. The molecule has 0 radical (unpaired) electrons. The van der Waals surface area contributed by atoms with Crippen LogP contribution in [0.2, 0.25) is 0 Å². The Morgan fingerprint density at radius 2 is 2.19 bits per heavy atom. The highest BCUT2D eigenvalue weighted by Crippen LogP contribution is 2.37. The van der Waals surface area contributed by atoms with Crippen LogP contribution in [0.15, 0.2) is 21.9 Å². The number of rotatable bonds is 5. The van der Waals surface area contributed by atoms with Crippen molar-refractivity contribution >= 4 is 39.8 Å². The summed E-state index contributed by atoms with van der Waals surface area (Å²) in [6.07, 6.45) is 0. The number of carbonyl (C=O) groups is 2. The quantitative estimate of drug-likeness (QED) is 0.672. The van der Waals surface area contributed by atoms with Crippen LogP contribution < -0.4 is 5.32 Å². The first-order valence-corrected chi connectivity index (χ1v) is 7.69. The van der Waals surface area contributed by atoms with Crippen molar-refractivity contribution in [1.82, 2.24) is 0 Å². The zero-order valence-electron chi connectivity index (χ0n) is 11.6. The number of carbonyl (C=O) groups excluding carboxylic acids is 2. The summed E-state index contributed by atoms with van der Waals surface area (Å²) < 4.78 is 10.6. The van der Waals surface area contributed by atoms with Gasteiger partial charge in [0.2, 0.25) is 5.91 Å². The zero-order valence-corrected chi connectivity index (χ0v) is 13.1. The van der Waals surface area contributed by atoms with Crippen LogP contribution >= 0.6 is 22.9 Å². The summed E-state index contributed by atoms with van der Waals surface area (Å²) in [5, 5.41) is 4.75. The molecular weight excluding hydrogens is 314 g/mol. The van der Waals surface area contributed by atoms with E-state index in [2.05, 4.69) is 5.32 Å². The van der Waals surface area contributed by atoms with Crippen LogP contribution in [-0.2, 0) is 9.53 Å². The molecule has 7 heteroatoms. The number of hydrogen-bond acceptors (Lipinski definition) is 5. The third kappa shape index (κ3) is 3.46. The van der Waals surface area contributed by atoms with Crippen molar-refractivity contribution in [1.29, 1.82) is 0 Å². The van der Waals surface area contributed by atoms with Crippen molar-refractivity contribution in [2.75, 3.05) is 17.8 Å². The van der Waals surface area contributed by atoms with Crippen LogP contribution in [0.3, 0.4) is 0 Å². The van der Waals surface area contributed by atoms with Crippen LogP contribution in [-0.4, -0.2) is 24.4 Å². The summed E-state index contributed by atoms with van der Waals surface area (Å²) in [6.45, 7) is 3.78. The molecule has 0 aromatic carbocycles. The molecule has 0 saturated carbocycles. The number of halogens is 1. The molecule has 112 valence electrons. The first-order chi connectivity index (χ1) is 10.1. The van der Waals surface area contributed by atoms with Gasteiger partial charge in [-0.15, -0.1) is 22.9 Å². The van der Waals surface area contributed by atoms with Crippen molar-refractivity contribution in [2.24, 2.45) is 0 Å². The molecule has 1 N–H and O–H groups in total. The van der Waals surface area contributed by atoms with E-state index in [1.54, 1.807) is 24.4 Å². The molecular formula is C14H14ClNO4S. The predicted octanol–water partition coefficient (Wildman–Crippen LogP) is 3.67. The lowest BCUT2D eigenvalue weighted by atomic mass is 10.1. The molecule has 0 spiro atoms. The summed E-state index contributed by atoms with van der Waals surface area (Å²) in [4.78, 5) is 23.6. The van der Waals surface area contributed by atoms with Gasteiger partial charge >= 0.3 is 5.97 Å². The van der Waals surface area contributed by atoms with E-state index in [4.69, 9.17) is 20.8 Å². The molecule has 0 unspecified atom stereocenters. The Kier molecular flexibility index (Phi) is 5.03. The lowest BCUT2D eigenvalue weighted by Crippen LogP contribution is -2.15. The Balaban J connectivity index is 2.45. The molecule has 0 aliphatic carbocycles.